The fraction of sp³-hybridized carbons (Fsp3) is 0.421. The molecule has 0 radical (unpaired) electrons. The van der Waals surface area contributed by atoms with E-state index in [1.54, 1.807) is 30.6 Å². The number of carbonyl (C=O) groups is 1. The van der Waals surface area contributed by atoms with Crippen LogP contribution in [0.5, 0.6) is 0 Å². The normalized spacial score (nSPS) is 17.4. The van der Waals surface area contributed by atoms with Crippen molar-refractivity contribution in [1.29, 1.82) is 0 Å². The number of benzene rings is 1. The lowest BCUT2D eigenvalue weighted by Crippen LogP contribution is -2.35. The van der Waals surface area contributed by atoms with Crippen molar-refractivity contribution in [2.45, 2.75) is 26.2 Å². The van der Waals surface area contributed by atoms with Crippen molar-refractivity contribution in [3.05, 3.63) is 53.6 Å². The third kappa shape index (κ3) is 4.53. The van der Waals surface area contributed by atoms with Crippen LogP contribution in [0.3, 0.4) is 0 Å². The number of nitrogens with one attached hydrogen (secondary N) is 1. The molecule has 1 fully saturated rings. The molecule has 1 atom stereocenters. The van der Waals surface area contributed by atoms with Crippen LogP contribution in [0, 0.1) is 11.7 Å². The van der Waals surface area contributed by atoms with Gasteiger partial charge in [-0.1, -0.05) is 25.1 Å². The zero-order chi connectivity index (χ0) is 17.6. The first kappa shape index (κ1) is 17.3. The fourth-order valence-electron chi connectivity index (χ4n) is 3.09. The molecule has 1 aliphatic heterocycles. The number of hydrogen-bond donors (Lipinski definition) is 1. The molecule has 0 aliphatic carbocycles. The van der Waals surface area contributed by atoms with Crippen molar-refractivity contribution < 1.29 is 9.18 Å². The van der Waals surface area contributed by atoms with Crippen molar-refractivity contribution in [1.82, 2.24) is 15.3 Å². The lowest BCUT2D eigenvalue weighted by atomic mass is 10.0. The van der Waals surface area contributed by atoms with Crippen LogP contribution in [-0.4, -0.2) is 35.5 Å². The van der Waals surface area contributed by atoms with Gasteiger partial charge >= 0.3 is 0 Å². The number of rotatable bonds is 5. The summed E-state index contributed by atoms with van der Waals surface area (Å²) in [5.41, 5.74) is 1.01. The van der Waals surface area contributed by atoms with Gasteiger partial charge in [0.1, 0.15) is 5.82 Å². The monoisotopic (exact) mass is 342 g/mol. The molecule has 2 aromatic rings. The number of piperidine rings is 1. The van der Waals surface area contributed by atoms with E-state index in [1.807, 2.05) is 0 Å². The molecule has 6 heteroatoms. The summed E-state index contributed by atoms with van der Waals surface area (Å²) in [6, 6.07) is 6.58. The van der Waals surface area contributed by atoms with Crippen LogP contribution in [0.2, 0.25) is 0 Å². The molecule has 0 spiro atoms. The molecule has 3 rings (SSSR count). The summed E-state index contributed by atoms with van der Waals surface area (Å²) in [4.78, 5) is 23.0. The zero-order valence-corrected chi connectivity index (χ0v) is 14.4. The van der Waals surface area contributed by atoms with Gasteiger partial charge in [-0.05, 0) is 36.8 Å². The quantitative estimate of drug-likeness (QED) is 0.908. The molecule has 1 N–H and O–H groups in total. The SMILES string of the molecule is CC1CCCN(c2ncc(C(=O)NCCc3ccccc3F)cn2)C1. The number of anilines is 1. The third-order valence-electron chi connectivity index (χ3n) is 4.48. The summed E-state index contributed by atoms with van der Waals surface area (Å²) < 4.78 is 13.5. The molecular formula is C19H23FN4O. The number of halogens is 1. The van der Waals surface area contributed by atoms with Gasteiger partial charge in [0.25, 0.3) is 5.91 Å². The van der Waals surface area contributed by atoms with E-state index in [-0.39, 0.29) is 11.7 Å². The second-order valence-corrected chi connectivity index (χ2v) is 6.56. The zero-order valence-electron chi connectivity index (χ0n) is 14.4. The van der Waals surface area contributed by atoms with E-state index in [4.69, 9.17) is 0 Å². The van der Waals surface area contributed by atoms with E-state index in [0.717, 1.165) is 19.5 Å². The Morgan fingerprint density at radius 2 is 2.08 bits per heavy atom. The topological polar surface area (TPSA) is 58.1 Å². The van der Waals surface area contributed by atoms with Crippen LogP contribution in [0.4, 0.5) is 10.3 Å². The molecule has 1 saturated heterocycles. The molecule has 1 aliphatic rings. The van der Waals surface area contributed by atoms with E-state index in [9.17, 15) is 9.18 Å². The molecule has 0 saturated carbocycles. The second-order valence-electron chi connectivity index (χ2n) is 6.56. The maximum Gasteiger partial charge on any atom is 0.254 e. The summed E-state index contributed by atoms with van der Waals surface area (Å²) >= 11 is 0. The van der Waals surface area contributed by atoms with Gasteiger partial charge < -0.3 is 10.2 Å². The first-order valence-electron chi connectivity index (χ1n) is 8.72. The Morgan fingerprint density at radius 1 is 1.32 bits per heavy atom. The van der Waals surface area contributed by atoms with Gasteiger partial charge in [-0.15, -0.1) is 0 Å². The predicted octanol–water partition coefficient (Wildman–Crippen LogP) is 2.82. The Kier molecular flexibility index (Phi) is 5.58. The highest BCUT2D eigenvalue weighted by atomic mass is 19.1. The molecule has 5 nitrogen and oxygen atoms in total. The Morgan fingerprint density at radius 3 is 2.80 bits per heavy atom. The van der Waals surface area contributed by atoms with Crippen molar-refractivity contribution in [2.24, 2.45) is 5.92 Å². The Bertz CT molecular complexity index is 720. The van der Waals surface area contributed by atoms with Gasteiger partial charge in [0.15, 0.2) is 0 Å². The highest BCUT2D eigenvalue weighted by Crippen LogP contribution is 2.19. The van der Waals surface area contributed by atoms with Crippen molar-refractivity contribution in [3.63, 3.8) is 0 Å². The number of amides is 1. The summed E-state index contributed by atoms with van der Waals surface area (Å²) in [6.45, 7) is 4.50. The van der Waals surface area contributed by atoms with E-state index in [1.165, 1.54) is 12.5 Å². The standard InChI is InChI=1S/C19H23FN4O/c1-14-5-4-10-24(13-14)19-22-11-16(12-23-19)18(25)21-9-8-15-6-2-3-7-17(15)20/h2-3,6-7,11-12,14H,4-5,8-10,13H2,1H3,(H,21,25). The van der Waals surface area contributed by atoms with Crippen LogP contribution in [0.1, 0.15) is 35.7 Å². The van der Waals surface area contributed by atoms with Crippen LogP contribution in [0.15, 0.2) is 36.7 Å². The first-order valence-corrected chi connectivity index (χ1v) is 8.72. The van der Waals surface area contributed by atoms with Crippen LogP contribution in [0.25, 0.3) is 0 Å². The number of hydrogen-bond acceptors (Lipinski definition) is 4. The summed E-state index contributed by atoms with van der Waals surface area (Å²) in [7, 11) is 0. The first-order chi connectivity index (χ1) is 12.1. The second kappa shape index (κ2) is 8.05. The smallest absolute Gasteiger partial charge is 0.254 e. The Hall–Kier alpha value is -2.50. The summed E-state index contributed by atoms with van der Waals surface area (Å²) in [5.74, 6) is 0.822. The maximum atomic E-state index is 13.5. The lowest BCUT2D eigenvalue weighted by molar-refractivity contribution is 0.0953. The molecule has 25 heavy (non-hydrogen) atoms. The largest absolute Gasteiger partial charge is 0.352 e. The average Bonchev–Trinajstić information content (AvgIpc) is 2.63. The number of nitrogens with zero attached hydrogens (tertiary/aromatic N) is 3. The molecule has 1 aromatic heterocycles. The molecule has 2 heterocycles. The molecule has 1 aromatic carbocycles. The fourth-order valence-corrected chi connectivity index (χ4v) is 3.09. The van der Waals surface area contributed by atoms with Gasteiger partial charge in [0.2, 0.25) is 5.95 Å². The van der Waals surface area contributed by atoms with Gasteiger partial charge in [-0.2, -0.15) is 0 Å². The highest BCUT2D eigenvalue weighted by molar-refractivity contribution is 5.93. The maximum absolute atomic E-state index is 13.5. The van der Waals surface area contributed by atoms with Crippen molar-refractivity contribution in [3.8, 4) is 0 Å². The van der Waals surface area contributed by atoms with Crippen molar-refractivity contribution >= 4 is 11.9 Å². The van der Waals surface area contributed by atoms with Crippen LogP contribution in [-0.2, 0) is 6.42 Å². The minimum absolute atomic E-state index is 0.241. The van der Waals surface area contributed by atoms with Gasteiger partial charge in [0, 0.05) is 32.0 Å². The lowest BCUT2D eigenvalue weighted by Gasteiger charge is -2.30. The predicted molar refractivity (Wildman–Crippen MR) is 95.1 cm³/mol. The molecule has 0 bridgehead atoms. The van der Waals surface area contributed by atoms with E-state index in [2.05, 4.69) is 27.1 Å². The minimum atomic E-state index is -0.250. The highest BCUT2D eigenvalue weighted by Gasteiger charge is 2.18. The van der Waals surface area contributed by atoms with Gasteiger partial charge in [-0.3, -0.25) is 4.79 Å². The van der Waals surface area contributed by atoms with E-state index < -0.39 is 0 Å². The Labute approximate surface area is 147 Å². The van der Waals surface area contributed by atoms with Crippen LogP contribution < -0.4 is 10.2 Å². The molecule has 1 unspecified atom stereocenters. The molecule has 1 amide bonds. The Balaban J connectivity index is 1.53. The van der Waals surface area contributed by atoms with Gasteiger partial charge in [-0.25, -0.2) is 14.4 Å². The summed E-state index contributed by atoms with van der Waals surface area (Å²) in [6.07, 6.45) is 5.94. The van der Waals surface area contributed by atoms with Crippen LogP contribution >= 0.6 is 0 Å². The minimum Gasteiger partial charge on any atom is -0.352 e. The average molecular weight is 342 g/mol. The third-order valence-corrected chi connectivity index (χ3v) is 4.48. The van der Waals surface area contributed by atoms with E-state index in [0.29, 0.717) is 36.0 Å². The van der Waals surface area contributed by atoms with Crippen molar-refractivity contribution in [2.75, 3.05) is 24.5 Å². The van der Waals surface area contributed by atoms with Gasteiger partial charge in [0.05, 0.1) is 5.56 Å². The molecule has 132 valence electrons. The number of aromatic nitrogens is 2. The van der Waals surface area contributed by atoms with E-state index >= 15 is 0 Å². The number of carbonyl (C=O) groups excluding carboxylic acids is 1. The molecular weight excluding hydrogens is 319 g/mol. The summed E-state index contributed by atoms with van der Waals surface area (Å²) in [5, 5.41) is 2.78.